The molecule has 0 radical (unpaired) electrons. The molecule has 0 saturated heterocycles. The van der Waals surface area contributed by atoms with E-state index in [1.165, 1.54) is 33.5 Å². The highest BCUT2D eigenvalue weighted by molar-refractivity contribution is 5.83. The molecule has 0 aliphatic carbocycles. The fourth-order valence-corrected chi connectivity index (χ4v) is 2.64. The van der Waals surface area contributed by atoms with E-state index in [1.807, 2.05) is 0 Å². The van der Waals surface area contributed by atoms with Crippen LogP contribution >= 0.6 is 0 Å². The fourth-order valence-electron chi connectivity index (χ4n) is 2.64. The molecule has 3 rings (SSSR count). The Hall–Kier alpha value is -3.29. The van der Waals surface area contributed by atoms with E-state index in [4.69, 9.17) is 18.6 Å². The lowest BCUT2D eigenvalue weighted by molar-refractivity contribution is 0.324. The standard InChI is InChI=1S/C18H14F2O6/c1-23-12-4-8(5-13(24-2)18(12)25-3)17-16(22)15(21)14-10(20)6-9(19)7-11(14)26-17/h4-7,22H,1-3H3. The van der Waals surface area contributed by atoms with Crippen molar-refractivity contribution in [3.63, 3.8) is 0 Å². The number of fused-ring (bicyclic) bond motifs is 1. The van der Waals surface area contributed by atoms with Gasteiger partial charge in [-0.2, -0.15) is 0 Å². The Morgan fingerprint density at radius 1 is 0.962 bits per heavy atom. The van der Waals surface area contributed by atoms with Gasteiger partial charge in [-0.3, -0.25) is 4.79 Å². The molecule has 0 fully saturated rings. The van der Waals surface area contributed by atoms with Crippen molar-refractivity contribution in [2.24, 2.45) is 0 Å². The van der Waals surface area contributed by atoms with Gasteiger partial charge in [0.25, 0.3) is 0 Å². The molecule has 0 atom stereocenters. The highest BCUT2D eigenvalue weighted by Crippen LogP contribution is 2.43. The predicted octanol–water partition coefficient (Wildman–Crippen LogP) is 3.47. The number of rotatable bonds is 4. The second-order valence-corrected chi connectivity index (χ2v) is 5.28. The highest BCUT2D eigenvalue weighted by Gasteiger charge is 2.22. The van der Waals surface area contributed by atoms with Crippen molar-refractivity contribution in [3.05, 3.63) is 46.1 Å². The lowest BCUT2D eigenvalue weighted by Gasteiger charge is -2.14. The van der Waals surface area contributed by atoms with Gasteiger partial charge in [-0.25, -0.2) is 8.78 Å². The Kier molecular flexibility index (Phi) is 4.41. The van der Waals surface area contributed by atoms with Crippen LogP contribution < -0.4 is 19.6 Å². The van der Waals surface area contributed by atoms with Gasteiger partial charge in [-0.05, 0) is 12.1 Å². The van der Waals surface area contributed by atoms with Gasteiger partial charge in [0, 0.05) is 17.7 Å². The van der Waals surface area contributed by atoms with Gasteiger partial charge in [0.2, 0.25) is 16.9 Å². The van der Waals surface area contributed by atoms with Gasteiger partial charge in [-0.1, -0.05) is 0 Å². The van der Waals surface area contributed by atoms with E-state index in [0.29, 0.717) is 11.8 Å². The monoisotopic (exact) mass is 364 g/mol. The van der Waals surface area contributed by atoms with E-state index in [2.05, 4.69) is 0 Å². The van der Waals surface area contributed by atoms with Crippen LogP contribution in [0, 0.1) is 11.6 Å². The first-order valence-corrected chi connectivity index (χ1v) is 7.36. The van der Waals surface area contributed by atoms with Gasteiger partial charge in [0.15, 0.2) is 17.3 Å². The quantitative estimate of drug-likeness (QED) is 0.764. The first-order chi connectivity index (χ1) is 12.4. The second kappa shape index (κ2) is 6.55. The number of methoxy groups -OCH3 is 3. The molecule has 1 aromatic heterocycles. The van der Waals surface area contributed by atoms with Crippen LogP contribution in [0.2, 0.25) is 0 Å². The lowest BCUT2D eigenvalue weighted by Crippen LogP contribution is -2.05. The summed E-state index contributed by atoms with van der Waals surface area (Å²) in [4.78, 5) is 12.3. The van der Waals surface area contributed by atoms with Gasteiger partial charge >= 0.3 is 0 Å². The van der Waals surface area contributed by atoms with Gasteiger partial charge in [0.1, 0.15) is 22.6 Å². The normalized spacial score (nSPS) is 10.8. The zero-order valence-electron chi connectivity index (χ0n) is 14.1. The Balaban J connectivity index is 2.36. The van der Waals surface area contributed by atoms with Crippen LogP contribution in [0.25, 0.3) is 22.3 Å². The molecule has 0 amide bonds. The zero-order chi connectivity index (χ0) is 19.0. The van der Waals surface area contributed by atoms with E-state index in [-0.39, 0.29) is 28.4 Å². The number of aromatic hydroxyl groups is 1. The molecule has 0 spiro atoms. The van der Waals surface area contributed by atoms with Crippen molar-refractivity contribution in [1.82, 2.24) is 0 Å². The number of hydrogen-bond donors (Lipinski definition) is 1. The maximum Gasteiger partial charge on any atom is 0.238 e. The molecular formula is C18H14F2O6. The number of ether oxygens (including phenoxy) is 3. The van der Waals surface area contributed by atoms with Crippen molar-refractivity contribution in [2.75, 3.05) is 21.3 Å². The third-order valence-electron chi connectivity index (χ3n) is 3.81. The van der Waals surface area contributed by atoms with Crippen molar-refractivity contribution < 1.29 is 32.5 Å². The summed E-state index contributed by atoms with van der Waals surface area (Å²) >= 11 is 0. The molecule has 136 valence electrons. The average molecular weight is 364 g/mol. The summed E-state index contributed by atoms with van der Waals surface area (Å²) in [7, 11) is 4.20. The first kappa shape index (κ1) is 17.5. The third kappa shape index (κ3) is 2.69. The predicted molar refractivity (Wildman–Crippen MR) is 89.2 cm³/mol. The molecule has 0 saturated carbocycles. The molecule has 0 bridgehead atoms. The summed E-state index contributed by atoms with van der Waals surface area (Å²) in [5.41, 5.74) is -1.16. The van der Waals surface area contributed by atoms with E-state index in [0.717, 1.165) is 6.07 Å². The minimum absolute atomic E-state index is 0.195. The molecule has 0 aliphatic rings. The summed E-state index contributed by atoms with van der Waals surface area (Å²) in [6.45, 7) is 0. The van der Waals surface area contributed by atoms with E-state index in [1.54, 1.807) is 0 Å². The number of benzene rings is 2. The zero-order valence-corrected chi connectivity index (χ0v) is 14.1. The number of halogens is 2. The van der Waals surface area contributed by atoms with Crippen LogP contribution in [-0.4, -0.2) is 26.4 Å². The van der Waals surface area contributed by atoms with Gasteiger partial charge < -0.3 is 23.7 Å². The Morgan fingerprint density at radius 2 is 1.58 bits per heavy atom. The van der Waals surface area contributed by atoms with Crippen LogP contribution in [0.15, 0.2) is 33.5 Å². The van der Waals surface area contributed by atoms with Gasteiger partial charge in [-0.15, -0.1) is 0 Å². The highest BCUT2D eigenvalue weighted by atomic mass is 19.1. The molecule has 2 aromatic carbocycles. The molecule has 6 nitrogen and oxygen atoms in total. The summed E-state index contributed by atoms with van der Waals surface area (Å²) in [5.74, 6) is -2.37. The van der Waals surface area contributed by atoms with Crippen molar-refractivity contribution >= 4 is 11.0 Å². The molecule has 8 heteroatoms. The molecule has 1 N–H and O–H groups in total. The van der Waals surface area contributed by atoms with Crippen LogP contribution in [0.5, 0.6) is 23.0 Å². The van der Waals surface area contributed by atoms with Gasteiger partial charge in [0.05, 0.1) is 21.3 Å². The Labute approximate surface area is 146 Å². The topological polar surface area (TPSA) is 78.1 Å². The Bertz CT molecular complexity index is 1030. The van der Waals surface area contributed by atoms with Crippen molar-refractivity contribution in [2.45, 2.75) is 0 Å². The molecule has 3 aromatic rings. The molecular weight excluding hydrogens is 350 g/mol. The Morgan fingerprint density at radius 3 is 2.12 bits per heavy atom. The van der Waals surface area contributed by atoms with Crippen molar-refractivity contribution in [3.8, 4) is 34.3 Å². The van der Waals surface area contributed by atoms with Crippen molar-refractivity contribution in [1.29, 1.82) is 0 Å². The molecule has 26 heavy (non-hydrogen) atoms. The van der Waals surface area contributed by atoms with E-state index >= 15 is 0 Å². The largest absolute Gasteiger partial charge is 0.502 e. The summed E-state index contributed by atoms with van der Waals surface area (Å²) < 4.78 is 48.4. The molecule has 1 heterocycles. The average Bonchev–Trinajstić information content (AvgIpc) is 2.62. The summed E-state index contributed by atoms with van der Waals surface area (Å²) in [5, 5.41) is 9.68. The van der Waals surface area contributed by atoms with Crippen LogP contribution in [-0.2, 0) is 0 Å². The molecule has 0 unspecified atom stereocenters. The maximum atomic E-state index is 13.9. The second-order valence-electron chi connectivity index (χ2n) is 5.28. The minimum Gasteiger partial charge on any atom is -0.502 e. The SMILES string of the molecule is COc1cc(-c2oc3cc(F)cc(F)c3c(=O)c2O)cc(OC)c1OC. The fraction of sp³-hybridized carbons (Fsp3) is 0.167. The summed E-state index contributed by atoms with van der Waals surface area (Å²) in [6.07, 6.45) is 0. The maximum absolute atomic E-state index is 13.9. The lowest BCUT2D eigenvalue weighted by atomic mass is 10.1. The number of hydrogen-bond acceptors (Lipinski definition) is 6. The summed E-state index contributed by atoms with van der Waals surface area (Å²) in [6, 6.07) is 4.26. The van der Waals surface area contributed by atoms with Crippen LogP contribution in [0.3, 0.4) is 0 Å². The van der Waals surface area contributed by atoms with Crippen LogP contribution in [0.1, 0.15) is 0 Å². The third-order valence-corrected chi connectivity index (χ3v) is 3.81. The minimum atomic E-state index is -1.12. The smallest absolute Gasteiger partial charge is 0.238 e. The van der Waals surface area contributed by atoms with Crippen LogP contribution in [0.4, 0.5) is 8.78 Å². The van der Waals surface area contributed by atoms with E-state index in [9.17, 15) is 18.7 Å². The van der Waals surface area contributed by atoms with E-state index < -0.39 is 28.2 Å². The first-order valence-electron chi connectivity index (χ1n) is 7.36. The molecule has 0 aliphatic heterocycles.